The number of anilines is 2. The third-order valence-corrected chi connectivity index (χ3v) is 4.31. The van der Waals surface area contributed by atoms with E-state index in [1.807, 2.05) is 26.0 Å². The summed E-state index contributed by atoms with van der Waals surface area (Å²) >= 11 is 0. The first-order valence-corrected chi connectivity index (χ1v) is 8.46. The molecule has 0 unspecified atom stereocenters. The minimum Gasteiger partial charge on any atom is -0.320 e. The van der Waals surface area contributed by atoms with E-state index in [0.29, 0.717) is 5.69 Å². The van der Waals surface area contributed by atoms with Crippen molar-refractivity contribution >= 4 is 23.2 Å². The molecule has 0 aliphatic rings. The van der Waals surface area contributed by atoms with E-state index in [9.17, 15) is 18.4 Å². The molecule has 0 spiro atoms. The van der Waals surface area contributed by atoms with Crippen molar-refractivity contribution in [2.75, 3.05) is 10.6 Å². The largest absolute Gasteiger partial charge is 0.320 e. The summed E-state index contributed by atoms with van der Waals surface area (Å²) in [6.45, 7) is 3.81. The number of amides is 2. The van der Waals surface area contributed by atoms with E-state index in [2.05, 4.69) is 15.6 Å². The van der Waals surface area contributed by atoms with Crippen LogP contribution in [0.2, 0.25) is 0 Å². The molecule has 3 rings (SSSR count). The predicted molar refractivity (Wildman–Crippen MR) is 102 cm³/mol. The zero-order valence-electron chi connectivity index (χ0n) is 15.2. The number of halogens is 2. The lowest BCUT2D eigenvalue weighted by molar-refractivity contribution is 0.102. The van der Waals surface area contributed by atoms with Crippen LogP contribution in [0.25, 0.3) is 0 Å². The van der Waals surface area contributed by atoms with Crippen molar-refractivity contribution in [3.63, 3.8) is 0 Å². The average Bonchev–Trinajstić information content (AvgIpc) is 2.68. The standard InChI is InChI=1S/C21H17F2N3O2/c1-12-5-3-8-17(13(12)2)25-21(28)18-11-14(9-10-24-18)20(27)26-19-15(22)6-4-7-16(19)23/h3-11H,1-2H3,(H,25,28)(H,26,27). The van der Waals surface area contributed by atoms with Gasteiger partial charge in [0, 0.05) is 17.4 Å². The highest BCUT2D eigenvalue weighted by atomic mass is 19.1. The van der Waals surface area contributed by atoms with Crippen LogP contribution in [0.4, 0.5) is 20.2 Å². The monoisotopic (exact) mass is 381 g/mol. The second kappa shape index (κ2) is 7.96. The summed E-state index contributed by atoms with van der Waals surface area (Å²) < 4.78 is 27.4. The number of hydrogen-bond donors (Lipinski definition) is 2. The lowest BCUT2D eigenvalue weighted by atomic mass is 10.1. The van der Waals surface area contributed by atoms with Crippen molar-refractivity contribution in [1.29, 1.82) is 0 Å². The normalized spacial score (nSPS) is 10.4. The molecule has 1 aromatic heterocycles. The maximum absolute atomic E-state index is 13.7. The third kappa shape index (κ3) is 4.03. The van der Waals surface area contributed by atoms with Gasteiger partial charge in [-0.15, -0.1) is 0 Å². The first-order chi connectivity index (χ1) is 13.4. The Kier molecular flexibility index (Phi) is 5.44. The first kappa shape index (κ1) is 19.2. The molecule has 0 bridgehead atoms. The maximum atomic E-state index is 13.7. The Balaban J connectivity index is 1.81. The summed E-state index contributed by atoms with van der Waals surface area (Å²) in [5, 5.41) is 4.93. The van der Waals surface area contributed by atoms with E-state index in [0.717, 1.165) is 23.3 Å². The number of aromatic nitrogens is 1. The topological polar surface area (TPSA) is 71.1 Å². The Morgan fingerprint density at radius 1 is 0.893 bits per heavy atom. The van der Waals surface area contributed by atoms with Crippen LogP contribution in [0.3, 0.4) is 0 Å². The van der Waals surface area contributed by atoms with E-state index in [4.69, 9.17) is 0 Å². The zero-order chi connectivity index (χ0) is 20.3. The molecule has 1 heterocycles. The van der Waals surface area contributed by atoms with Crippen LogP contribution in [-0.2, 0) is 0 Å². The van der Waals surface area contributed by atoms with E-state index >= 15 is 0 Å². The van der Waals surface area contributed by atoms with Crippen molar-refractivity contribution in [1.82, 2.24) is 4.98 Å². The average molecular weight is 381 g/mol. The van der Waals surface area contributed by atoms with Gasteiger partial charge in [-0.05, 0) is 55.3 Å². The third-order valence-electron chi connectivity index (χ3n) is 4.31. The quantitative estimate of drug-likeness (QED) is 0.700. The smallest absolute Gasteiger partial charge is 0.274 e. The molecule has 3 aromatic rings. The summed E-state index contributed by atoms with van der Waals surface area (Å²) in [5.74, 6) is -3.04. The van der Waals surface area contributed by atoms with Gasteiger partial charge >= 0.3 is 0 Å². The molecule has 142 valence electrons. The molecule has 0 saturated carbocycles. The number of para-hydroxylation sites is 1. The molecule has 0 radical (unpaired) electrons. The van der Waals surface area contributed by atoms with Crippen LogP contribution in [0.5, 0.6) is 0 Å². The van der Waals surface area contributed by atoms with Crippen LogP contribution >= 0.6 is 0 Å². The van der Waals surface area contributed by atoms with Gasteiger partial charge in [0.2, 0.25) is 0 Å². The van der Waals surface area contributed by atoms with E-state index < -0.39 is 29.1 Å². The molecule has 2 aromatic carbocycles. The SMILES string of the molecule is Cc1cccc(NC(=O)c2cc(C(=O)Nc3c(F)cccc3F)ccn2)c1C. The molecular formula is C21H17F2N3O2. The van der Waals surface area contributed by atoms with Gasteiger partial charge < -0.3 is 10.6 Å². The number of aryl methyl sites for hydroxylation is 1. The van der Waals surface area contributed by atoms with Crippen LogP contribution in [0.15, 0.2) is 54.7 Å². The van der Waals surface area contributed by atoms with Crippen LogP contribution < -0.4 is 10.6 Å². The minimum atomic E-state index is -0.893. The van der Waals surface area contributed by atoms with E-state index in [1.54, 1.807) is 6.07 Å². The van der Waals surface area contributed by atoms with Gasteiger partial charge in [-0.25, -0.2) is 8.78 Å². The number of benzene rings is 2. The Morgan fingerprint density at radius 3 is 2.29 bits per heavy atom. The van der Waals surface area contributed by atoms with Gasteiger partial charge in [0.05, 0.1) is 0 Å². The van der Waals surface area contributed by atoms with Crippen molar-refractivity contribution in [3.8, 4) is 0 Å². The van der Waals surface area contributed by atoms with Gasteiger partial charge in [0.25, 0.3) is 11.8 Å². The van der Waals surface area contributed by atoms with Gasteiger partial charge in [-0.1, -0.05) is 18.2 Å². The molecule has 28 heavy (non-hydrogen) atoms. The Bertz CT molecular complexity index is 1050. The van der Waals surface area contributed by atoms with Crippen LogP contribution in [-0.4, -0.2) is 16.8 Å². The summed E-state index contributed by atoms with van der Waals surface area (Å²) in [4.78, 5) is 28.8. The number of carbonyl (C=O) groups is 2. The van der Waals surface area contributed by atoms with E-state index in [1.165, 1.54) is 24.4 Å². The fraction of sp³-hybridized carbons (Fsp3) is 0.0952. The molecule has 0 saturated heterocycles. The zero-order valence-corrected chi connectivity index (χ0v) is 15.2. The van der Waals surface area contributed by atoms with Crippen LogP contribution in [0, 0.1) is 25.5 Å². The van der Waals surface area contributed by atoms with Crippen molar-refractivity contribution in [2.24, 2.45) is 0 Å². The van der Waals surface area contributed by atoms with Crippen molar-refractivity contribution in [3.05, 3.63) is 88.7 Å². The number of carbonyl (C=O) groups excluding carboxylic acids is 2. The van der Waals surface area contributed by atoms with Gasteiger partial charge in [0.15, 0.2) is 0 Å². The Hall–Kier alpha value is -3.61. The van der Waals surface area contributed by atoms with Crippen molar-refractivity contribution < 1.29 is 18.4 Å². The molecule has 7 heteroatoms. The van der Waals surface area contributed by atoms with Crippen molar-refractivity contribution in [2.45, 2.75) is 13.8 Å². The number of hydrogen-bond acceptors (Lipinski definition) is 3. The molecule has 5 nitrogen and oxygen atoms in total. The highest BCUT2D eigenvalue weighted by molar-refractivity contribution is 6.08. The minimum absolute atomic E-state index is 0.00237. The highest BCUT2D eigenvalue weighted by Gasteiger charge is 2.16. The van der Waals surface area contributed by atoms with Gasteiger partial charge in [0.1, 0.15) is 23.0 Å². The summed E-state index contributed by atoms with van der Waals surface area (Å²) in [5.41, 5.74) is 2.07. The first-order valence-electron chi connectivity index (χ1n) is 8.46. The predicted octanol–water partition coefficient (Wildman–Crippen LogP) is 4.48. The molecule has 0 fully saturated rings. The molecule has 0 aliphatic carbocycles. The lowest BCUT2D eigenvalue weighted by Crippen LogP contribution is -2.18. The fourth-order valence-corrected chi connectivity index (χ4v) is 2.57. The summed E-state index contributed by atoms with van der Waals surface area (Å²) in [7, 11) is 0. The number of nitrogens with zero attached hydrogens (tertiary/aromatic N) is 1. The molecule has 2 N–H and O–H groups in total. The molecular weight excluding hydrogens is 364 g/mol. The van der Waals surface area contributed by atoms with E-state index in [-0.39, 0.29) is 11.3 Å². The summed E-state index contributed by atoms with van der Waals surface area (Å²) in [6, 6.07) is 11.4. The highest BCUT2D eigenvalue weighted by Crippen LogP contribution is 2.20. The Labute approximate surface area is 160 Å². The molecule has 0 atom stereocenters. The second-order valence-electron chi connectivity index (χ2n) is 6.18. The summed E-state index contributed by atoms with van der Waals surface area (Å²) in [6.07, 6.45) is 1.28. The lowest BCUT2D eigenvalue weighted by Gasteiger charge is -2.11. The molecule has 0 aliphatic heterocycles. The molecule has 2 amide bonds. The van der Waals surface area contributed by atoms with Gasteiger partial charge in [-0.2, -0.15) is 0 Å². The Morgan fingerprint density at radius 2 is 1.57 bits per heavy atom. The number of rotatable bonds is 4. The maximum Gasteiger partial charge on any atom is 0.274 e. The fourth-order valence-electron chi connectivity index (χ4n) is 2.57. The number of pyridine rings is 1. The van der Waals surface area contributed by atoms with Crippen LogP contribution in [0.1, 0.15) is 32.0 Å². The van der Waals surface area contributed by atoms with Gasteiger partial charge in [-0.3, -0.25) is 14.6 Å². The second-order valence-corrected chi connectivity index (χ2v) is 6.18. The number of nitrogens with one attached hydrogen (secondary N) is 2.